The Balaban J connectivity index is 2.57. The van der Waals surface area contributed by atoms with Gasteiger partial charge in [0, 0.05) is 6.61 Å². The van der Waals surface area contributed by atoms with Gasteiger partial charge in [0.1, 0.15) is 0 Å². The molecule has 1 aromatic carbocycles. The fraction of sp³-hybridized carbons (Fsp3) is 0.571. The molecule has 0 bridgehead atoms. The second-order valence-electron chi connectivity index (χ2n) is 4.63. The van der Waals surface area contributed by atoms with Crippen LogP contribution in [-0.2, 0) is 4.74 Å². The zero-order valence-electron chi connectivity index (χ0n) is 10.8. The maximum atomic E-state index is 5.70. The van der Waals surface area contributed by atoms with Gasteiger partial charge in [-0.05, 0) is 31.0 Å². The molecule has 1 unspecified atom stereocenters. The van der Waals surface area contributed by atoms with E-state index in [2.05, 4.69) is 50.4 Å². The highest BCUT2D eigenvalue weighted by atomic mass is 16.5. The minimum atomic E-state index is 0.292. The fourth-order valence-corrected chi connectivity index (χ4v) is 1.73. The molecule has 0 saturated carbocycles. The third kappa shape index (κ3) is 3.95. The van der Waals surface area contributed by atoms with Crippen molar-refractivity contribution in [2.45, 2.75) is 26.8 Å². The Kier molecular flexibility index (Phi) is 5.50. The lowest BCUT2D eigenvalue weighted by Crippen LogP contribution is -2.23. The molecule has 0 heterocycles. The van der Waals surface area contributed by atoms with Crippen LogP contribution in [0.3, 0.4) is 0 Å². The Bertz CT molecular complexity index is 309. The van der Waals surface area contributed by atoms with Crippen molar-refractivity contribution in [1.82, 2.24) is 5.32 Å². The molecule has 90 valence electrons. The highest BCUT2D eigenvalue weighted by Gasteiger charge is 2.11. The van der Waals surface area contributed by atoms with E-state index < -0.39 is 0 Å². The second-order valence-corrected chi connectivity index (χ2v) is 4.63. The zero-order chi connectivity index (χ0) is 12.0. The summed E-state index contributed by atoms with van der Waals surface area (Å²) in [7, 11) is 1.98. The Morgan fingerprint density at radius 3 is 2.44 bits per heavy atom. The van der Waals surface area contributed by atoms with Crippen molar-refractivity contribution in [1.29, 1.82) is 0 Å². The summed E-state index contributed by atoms with van der Waals surface area (Å²) in [4.78, 5) is 0. The molecule has 0 aliphatic heterocycles. The number of nitrogens with one attached hydrogen (secondary N) is 1. The molecule has 0 fully saturated rings. The normalized spacial score (nSPS) is 13.1. The highest BCUT2D eigenvalue weighted by Crippen LogP contribution is 2.17. The summed E-state index contributed by atoms with van der Waals surface area (Å²) in [6.45, 7) is 8.04. The third-order valence-electron chi connectivity index (χ3n) is 2.65. The summed E-state index contributed by atoms with van der Waals surface area (Å²) in [6, 6.07) is 8.74. The first kappa shape index (κ1) is 13.2. The van der Waals surface area contributed by atoms with E-state index in [0.717, 1.165) is 13.2 Å². The Morgan fingerprint density at radius 2 is 1.88 bits per heavy atom. The topological polar surface area (TPSA) is 21.3 Å². The SMILES string of the molecule is CNC(COCC(C)C)c1ccccc1C. The summed E-state index contributed by atoms with van der Waals surface area (Å²) in [6.07, 6.45) is 0. The third-order valence-corrected chi connectivity index (χ3v) is 2.65. The molecule has 0 aliphatic rings. The lowest BCUT2D eigenvalue weighted by atomic mass is 10.0. The molecule has 16 heavy (non-hydrogen) atoms. The van der Waals surface area contributed by atoms with Gasteiger partial charge < -0.3 is 10.1 Å². The summed E-state index contributed by atoms with van der Waals surface area (Å²) < 4.78 is 5.70. The van der Waals surface area contributed by atoms with E-state index in [1.807, 2.05) is 7.05 Å². The van der Waals surface area contributed by atoms with Gasteiger partial charge in [-0.25, -0.2) is 0 Å². The van der Waals surface area contributed by atoms with E-state index in [-0.39, 0.29) is 0 Å². The molecule has 2 nitrogen and oxygen atoms in total. The van der Waals surface area contributed by atoms with Crippen LogP contribution in [0.25, 0.3) is 0 Å². The predicted molar refractivity (Wildman–Crippen MR) is 68.6 cm³/mol. The van der Waals surface area contributed by atoms with Gasteiger partial charge in [0.2, 0.25) is 0 Å². The lowest BCUT2D eigenvalue weighted by molar-refractivity contribution is 0.0918. The molecule has 1 aromatic rings. The minimum Gasteiger partial charge on any atom is -0.379 e. The van der Waals surface area contributed by atoms with Crippen LogP contribution in [0.5, 0.6) is 0 Å². The van der Waals surface area contributed by atoms with Crippen molar-refractivity contribution >= 4 is 0 Å². The molecule has 0 amide bonds. The van der Waals surface area contributed by atoms with Crippen LogP contribution in [0.2, 0.25) is 0 Å². The maximum Gasteiger partial charge on any atom is 0.0661 e. The lowest BCUT2D eigenvalue weighted by Gasteiger charge is -2.19. The van der Waals surface area contributed by atoms with Crippen molar-refractivity contribution in [3.8, 4) is 0 Å². The summed E-state index contributed by atoms with van der Waals surface area (Å²) in [5.41, 5.74) is 2.64. The standard InChI is InChI=1S/C14H23NO/c1-11(2)9-16-10-14(15-4)13-8-6-5-7-12(13)3/h5-8,11,14-15H,9-10H2,1-4H3. The van der Waals surface area contributed by atoms with E-state index in [4.69, 9.17) is 4.74 Å². The van der Waals surface area contributed by atoms with Crippen LogP contribution in [0.4, 0.5) is 0 Å². The van der Waals surface area contributed by atoms with Crippen LogP contribution < -0.4 is 5.32 Å². The smallest absolute Gasteiger partial charge is 0.0661 e. The maximum absolute atomic E-state index is 5.70. The quantitative estimate of drug-likeness (QED) is 0.797. The summed E-state index contributed by atoms with van der Waals surface area (Å²) in [5.74, 6) is 0.592. The van der Waals surface area contributed by atoms with E-state index in [1.165, 1.54) is 11.1 Å². The van der Waals surface area contributed by atoms with Gasteiger partial charge >= 0.3 is 0 Å². The molecule has 0 radical (unpaired) electrons. The number of hydrogen-bond donors (Lipinski definition) is 1. The summed E-state index contributed by atoms with van der Waals surface area (Å²) >= 11 is 0. The predicted octanol–water partition coefficient (Wildman–Crippen LogP) is 2.93. The molecule has 0 spiro atoms. The number of ether oxygens (including phenoxy) is 1. The molecular weight excluding hydrogens is 198 g/mol. The fourth-order valence-electron chi connectivity index (χ4n) is 1.73. The van der Waals surface area contributed by atoms with Gasteiger partial charge in [0.25, 0.3) is 0 Å². The largest absolute Gasteiger partial charge is 0.379 e. The number of hydrogen-bond acceptors (Lipinski definition) is 2. The molecule has 1 atom stereocenters. The van der Waals surface area contributed by atoms with E-state index in [1.54, 1.807) is 0 Å². The first-order valence-electron chi connectivity index (χ1n) is 5.95. The van der Waals surface area contributed by atoms with Crippen molar-refractivity contribution in [2.75, 3.05) is 20.3 Å². The minimum absolute atomic E-state index is 0.292. The number of aryl methyl sites for hydroxylation is 1. The molecular formula is C14H23NO. The van der Waals surface area contributed by atoms with Gasteiger partial charge in [-0.3, -0.25) is 0 Å². The number of likely N-dealkylation sites (N-methyl/N-ethyl adjacent to an activating group) is 1. The summed E-state index contributed by atoms with van der Waals surface area (Å²) in [5, 5.41) is 3.31. The molecule has 2 heteroatoms. The molecule has 0 saturated heterocycles. The van der Waals surface area contributed by atoms with Gasteiger partial charge in [0.15, 0.2) is 0 Å². The van der Waals surface area contributed by atoms with Gasteiger partial charge in [0.05, 0.1) is 12.6 Å². The molecule has 0 aliphatic carbocycles. The first-order chi connectivity index (χ1) is 7.65. The van der Waals surface area contributed by atoms with E-state index in [9.17, 15) is 0 Å². The molecule has 1 rings (SSSR count). The Hall–Kier alpha value is -0.860. The molecule has 1 N–H and O–H groups in total. The van der Waals surface area contributed by atoms with Crippen molar-refractivity contribution in [3.63, 3.8) is 0 Å². The van der Waals surface area contributed by atoms with Crippen molar-refractivity contribution in [3.05, 3.63) is 35.4 Å². The zero-order valence-corrected chi connectivity index (χ0v) is 10.8. The van der Waals surface area contributed by atoms with Crippen LogP contribution in [0.1, 0.15) is 31.0 Å². The van der Waals surface area contributed by atoms with Crippen LogP contribution in [0, 0.1) is 12.8 Å². The first-order valence-corrected chi connectivity index (χ1v) is 5.95. The second kappa shape index (κ2) is 6.66. The van der Waals surface area contributed by atoms with Crippen LogP contribution >= 0.6 is 0 Å². The van der Waals surface area contributed by atoms with Gasteiger partial charge in [-0.2, -0.15) is 0 Å². The molecule has 0 aromatic heterocycles. The van der Waals surface area contributed by atoms with E-state index in [0.29, 0.717) is 12.0 Å². The number of benzene rings is 1. The monoisotopic (exact) mass is 221 g/mol. The van der Waals surface area contributed by atoms with E-state index >= 15 is 0 Å². The van der Waals surface area contributed by atoms with Gasteiger partial charge in [-0.15, -0.1) is 0 Å². The van der Waals surface area contributed by atoms with Crippen LogP contribution in [0.15, 0.2) is 24.3 Å². The Morgan fingerprint density at radius 1 is 1.19 bits per heavy atom. The van der Waals surface area contributed by atoms with Crippen molar-refractivity contribution < 1.29 is 4.74 Å². The van der Waals surface area contributed by atoms with Crippen molar-refractivity contribution in [2.24, 2.45) is 5.92 Å². The average Bonchev–Trinajstić information content (AvgIpc) is 2.25. The average molecular weight is 221 g/mol. The van der Waals surface area contributed by atoms with Gasteiger partial charge in [-0.1, -0.05) is 38.1 Å². The highest BCUT2D eigenvalue weighted by molar-refractivity contribution is 5.28. The van der Waals surface area contributed by atoms with Crippen LogP contribution in [-0.4, -0.2) is 20.3 Å². The Labute approximate surface area is 99.0 Å². The number of rotatable bonds is 6.